The highest BCUT2D eigenvalue weighted by molar-refractivity contribution is 5.85. The summed E-state index contributed by atoms with van der Waals surface area (Å²) in [5, 5.41) is 2.55. The summed E-state index contributed by atoms with van der Waals surface area (Å²) in [5.74, 6) is -0.0590. The van der Waals surface area contributed by atoms with Gasteiger partial charge in [0.1, 0.15) is 6.04 Å². The Morgan fingerprint density at radius 2 is 1.85 bits per heavy atom. The van der Waals surface area contributed by atoms with Gasteiger partial charge >= 0.3 is 6.09 Å². The minimum atomic E-state index is -0.656. The number of ether oxygens (including phenoxy) is 1. The van der Waals surface area contributed by atoms with E-state index < -0.39 is 12.1 Å². The molecular weight excluding hydrogens is 344 g/mol. The number of hydrazine groups is 1. The first-order valence-electron chi connectivity index (χ1n) is 8.87. The van der Waals surface area contributed by atoms with Gasteiger partial charge in [0.15, 0.2) is 0 Å². The van der Waals surface area contributed by atoms with Crippen LogP contribution in [-0.4, -0.2) is 30.1 Å². The van der Waals surface area contributed by atoms with Crippen molar-refractivity contribution in [2.75, 3.05) is 7.11 Å². The van der Waals surface area contributed by atoms with E-state index in [0.29, 0.717) is 13.0 Å². The van der Waals surface area contributed by atoms with Crippen molar-refractivity contribution >= 4 is 12.0 Å². The molecule has 27 heavy (non-hydrogen) atoms. The molecule has 1 atom stereocenters. The predicted molar refractivity (Wildman–Crippen MR) is 103 cm³/mol. The summed E-state index contributed by atoms with van der Waals surface area (Å²) in [5.41, 5.74) is 8.49. The molecule has 0 aliphatic carbocycles. The lowest BCUT2D eigenvalue weighted by Gasteiger charge is -2.19. The Kier molecular flexibility index (Phi) is 7.76. The molecule has 7 nitrogen and oxygen atoms in total. The zero-order valence-electron chi connectivity index (χ0n) is 15.9. The fraction of sp³-hybridized carbons (Fsp3) is 0.350. The molecule has 1 aromatic heterocycles. The van der Waals surface area contributed by atoms with Gasteiger partial charge in [-0.3, -0.25) is 15.2 Å². The van der Waals surface area contributed by atoms with Gasteiger partial charge in [-0.25, -0.2) is 10.2 Å². The van der Waals surface area contributed by atoms with Crippen LogP contribution in [0.2, 0.25) is 0 Å². The van der Waals surface area contributed by atoms with Crippen LogP contribution in [0, 0.1) is 5.92 Å². The number of carbonyl (C=O) groups is 2. The molecule has 144 valence electrons. The van der Waals surface area contributed by atoms with Gasteiger partial charge in [0.05, 0.1) is 12.8 Å². The van der Waals surface area contributed by atoms with Crippen molar-refractivity contribution in [3.05, 3.63) is 54.2 Å². The number of nitrogens with zero attached hydrogens (tertiary/aromatic N) is 1. The molecule has 0 bridgehead atoms. The minimum absolute atomic E-state index is 0.247. The van der Waals surface area contributed by atoms with Crippen LogP contribution < -0.4 is 16.2 Å². The zero-order valence-corrected chi connectivity index (χ0v) is 15.9. The number of benzene rings is 1. The van der Waals surface area contributed by atoms with E-state index in [2.05, 4.69) is 25.9 Å². The Bertz CT molecular complexity index is 733. The Morgan fingerprint density at radius 3 is 2.44 bits per heavy atom. The largest absolute Gasteiger partial charge is 0.453 e. The van der Waals surface area contributed by atoms with Gasteiger partial charge < -0.3 is 10.1 Å². The number of methoxy groups -OCH3 is 1. The maximum atomic E-state index is 12.3. The molecule has 0 aliphatic heterocycles. The van der Waals surface area contributed by atoms with Crippen LogP contribution >= 0.6 is 0 Å². The molecule has 0 saturated heterocycles. The minimum Gasteiger partial charge on any atom is -0.453 e. The van der Waals surface area contributed by atoms with Crippen LogP contribution in [0.5, 0.6) is 0 Å². The lowest BCUT2D eigenvalue weighted by atomic mass is 10.0. The van der Waals surface area contributed by atoms with Crippen LogP contribution in [-0.2, 0) is 16.1 Å². The van der Waals surface area contributed by atoms with Crippen LogP contribution in [0.1, 0.15) is 25.8 Å². The molecule has 0 saturated carbocycles. The highest BCUT2D eigenvalue weighted by Crippen LogP contribution is 2.16. The average Bonchev–Trinajstić information content (AvgIpc) is 2.68. The third kappa shape index (κ3) is 6.71. The Labute approximate surface area is 159 Å². The first-order chi connectivity index (χ1) is 13.0. The van der Waals surface area contributed by atoms with Gasteiger partial charge in [-0.05, 0) is 30.0 Å². The number of hydrogen-bond donors (Lipinski definition) is 3. The summed E-state index contributed by atoms with van der Waals surface area (Å²) in [7, 11) is 1.27. The summed E-state index contributed by atoms with van der Waals surface area (Å²) in [6.07, 6.45) is 1.65. The first-order valence-corrected chi connectivity index (χ1v) is 8.87. The van der Waals surface area contributed by atoms with Crippen LogP contribution in [0.4, 0.5) is 4.79 Å². The van der Waals surface area contributed by atoms with Gasteiger partial charge in [-0.1, -0.05) is 44.2 Å². The van der Waals surface area contributed by atoms with E-state index in [4.69, 9.17) is 0 Å². The molecule has 1 aromatic carbocycles. The smallest absolute Gasteiger partial charge is 0.407 e. The second-order valence-corrected chi connectivity index (χ2v) is 6.57. The van der Waals surface area contributed by atoms with E-state index >= 15 is 0 Å². The Hall–Kier alpha value is -2.93. The SMILES string of the molecule is COC(=O)NC(CC(C)C)C(=O)NNCc1ccc(-c2ccccn2)cc1. The van der Waals surface area contributed by atoms with E-state index in [1.807, 2.05) is 56.3 Å². The highest BCUT2D eigenvalue weighted by atomic mass is 16.5. The molecule has 3 N–H and O–H groups in total. The third-order valence-electron chi connectivity index (χ3n) is 3.92. The molecular formula is C20H26N4O3. The topological polar surface area (TPSA) is 92.3 Å². The van der Waals surface area contributed by atoms with E-state index in [-0.39, 0.29) is 11.8 Å². The van der Waals surface area contributed by atoms with E-state index in [1.54, 1.807) is 6.20 Å². The van der Waals surface area contributed by atoms with Gasteiger partial charge in [-0.15, -0.1) is 0 Å². The van der Waals surface area contributed by atoms with Crippen molar-refractivity contribution in [2.24, 2.45) is 5.92 Å². The monoisotopic (exact) mass is 370 g/mol. The number of hydrogen-bond acceptors (Lipinski definition) is 5. The molecule has 0 fully saturated rings. The molecule has 2 amide bonds. The highest BCUT2D eigenvalue weighted by Gasteiger charge is 2.21. The normalized spacial score (nSPS) is 11.7. The number of alkyl carbamates (subject to hydrolysis) is 1. The number of nitrogens with one attached hydrogen (secondary N) is 3. The lowest BCUT2D eigenvalue weighted by Crippen LogP contribution is -2.51. The Morgan fingerprint density at radius 1 is 1.11 bits per heavy atom. The quantitative estimate of drug-likeness (QED) is 0.621. The summed E-state index contributed by atoms with van der Waals surface area (Å²) in [6.45, 7) is 4.42. The van der Waals surface area contributed by atoms with Crippen molar-refractivity contribution in [1.29, 1.82) is 0 Å². The van der Waals surface area contributed by atoms with Crippen LogP contribution in [0.15, 0.2) is 48.7 Å². The number of amides is 2. The van der Waals surface area contributed by atoms with Crippen molar-refractivity contribution < 1.29 is 14.3 Å². The molecule has 7 heteroatoms. The van der Waals surface area contributed by atoms with E-state index in [0.717, 1.165) is 16.8 Å². The molecule has 2 rings (SSSR count). The molecule has 1 unspecified atom stereocenters. The van der Waals surface area contributed by atoms with Gasteiger partial charge in [0.25, 0.3) is 5.91 Å². The molecule has 2 aromatic rings. The summed E-state index contributed by atoms with van der Waals surface area (Å²) < 4.78 is 4.58. The number of carbonyl (C=O) groups excluding carboxylic acids is 2. The maximum Gasteiger partial charge on any atom is 0.407 e. The first kappa shape index (κ1) is 20.4. The van der Waals surface area contributed by atoms with Gasteiger partial charge in [0.2, 0.25) is 0 Å². The Balaban J connectivity index is 1.86. The fourth-order valence-electron chi connectivity index (χ4n) is 2.55. The zero-order chi connectivity index (χ0) is 19.6. The second kappa shape index (κ2) is 10.3. The van der Waals surface area contributed by atoms with Crippen LogP contribution in [0.25, 0.3) is 11.3 Å². The molecule has 0 radical (unpaired) electrons. The average molecular weight is 370 g/mol. The predicted octanol–water partition coefficient (Wildman–Crippen LogP) is 2.64. The number of aromatic nitrogens is 1. The number of pyridine rings is 1. The van der Waals surface area contributed by atoms with Crippen molar-refractivity contribution in [3.8, 4) is 11.3 Å². The van der Waals surface area contributed by atoms with E-state index in [9.17, 15) is 9.59 Å². The molecule has 0 aliphatic rings. The van der Waals surface area contributed by atoms with Crippen molar-refractivity contribution in [2.45, 2.75) is 32.9 Å². The molecule has 1 heterocycles. The maximum absolute atomic E-state index is 12.3. The van der Waals surface area contributed by atoms with E-state index in [1.165, 1.54) is 7.11 Å². The van der Waals surface area contributed by atoms with Gasteiger partial charge in [0, 0.05) is 18.3 Å². The third-order valence-corrected chi connectivity index (χ3v) is 3.92. The van der Waals surface area contributed by atoms with Gasteiger partial charge in [-0.2, -0.15) is 0 Å². The second-order valence-electron chi connectivity index (χ2n) is 6.57. The fourth-order valence-corrected chi connectivity index (χ4v) is 2.55. The molecule has 0 spiro atoms. The van der Waals surface area contributed by atoms with Crippen molar-refractivity contribution in [1.82, 2.24) is 21.2 Å². The summed E-state index contributed by atoms with van der Waals surface area (Å²) in [4.78, 5) is 28.0. The number of rotatable bonds is 8. The standard InChI is InChI=1S/C20H26N4O3/c1-14(2)12-18(23-20(26)27-3)19(25)24-22-13-15-7-9-16(10-8-15)17-6-4-5-11-21-17/h4-11,14,18,22H,12-13H2,1-3H3,(H,23,26)(H,24,25). The van der Waals surface area contributed by atoms with Crippen LogP contribution in [0.3, 0.4) is 0 Å². The van der Waals surface area contributed by atoms with Crippen molar-refractivity contribution in [3.63, 3.8) is 0 Å². The summed E-state index contributed by atoms with van der Waals surface area (Å²) in [6, 6.07) is 13.1. The lowest BCUT2D eigenvalue weighted by molar-refractivity contribution is -0.124. The summed E-state index contributed by atoms with van der Waals surface area (Å²) >= 11 is 0.